The lowest BCUT2D eigenvalue weighted by atomic mass is 10.1. The molecular formula is C14H19NO5. The van der Waals surface area contributed by atoms with Crippen molar-refractivity contribution < 1.29 is 24.5 Å². The number of rotatable bonds is 2. The second-order valence-electron chi connectivity index (χ2n) is 4.48. The molecule has 6 heteroatoms. The predicted octanol–water partition coefficient (Wildman–Crippen LogP) is 1.59. The number of methoxy groups -OCH3 is 1. The third-order valence-corrected chi connectivity index (χ3v) is 2.80. The van der Waals surface area contributed by atoms with Gasteiger partial charge in [-0.05, 0) is 31.0 Å². The van der Waals surface area contributed by atoms with Crippen molar-refractivity contribution in [3.63, 3.8) is 0 Å². The van der Waals surface area contributed by atoms with Crippen molar-refractivity contribution in [3.8, 4) is 5.75 Å². The first kappa shape index (κ1) is 16.0. The van der Waals surface area contributed by atoms with Crippen LogP contribution in [0.25, 0.3) is 0 Å². The fourth-order valence-electron chi connectivity index (χ4n) is 1.96. The van der Waals surface area contributed by atoms with Gasteiger partial charge in [0.1, 0.15) is 5.75 Å². The molecule has 0 radical (unpaired) electrons. The van der Waals surface area contributed by atoms with Gasteiger partial charge in [-0.15, -0.1) is 0 Å². The monoisotopic (exact) mass is 281 g/mol. The molecule has 0 aromatic heterocycles. The van der Waals surface area contributed by atoms with Gasteiger partial charge in [0, 0.05) is 32.9 Å². The molecule has 6 nitrogen and oxygen atoms in total. The van der Waals surface area contributed by atoms with Crippen LogP contribution in [0.1, 0.15) is 33.6 Å². The first-order chi connectivity index (χ1) is 9.49. The quantitative estimate of drug-likeness (QED) is 0.859. The number of likely N-dealkylation sites (tertiary alicyclic amines) is 1. The number of carboxylic acid groups (broad SMARTS) is 1. The fraction of sp³-hybridized carbons (Fsp3) is 0.429. The minimum Gasteiger partial charge on any atom is -0.508 e. The zero-order valence-corrected chi connectivity index (χ0v) is 11.6. The molecule has 1 saturated heterocycles. The lowest BCUT2D eigenvalue weighted by molar-refractivity contribution is 0.0696. The summed E-state index contributed by atoms with van der Waals surface area (Å²) < 4.78 is 4.25. The van der Waals surface area contributed by atoms with Crippen LogP contribution in [0.5, 0.6) is 5.75 Å². The molecule has 1 heterocycles. The van der Waals surface area contributed by atoms with E-state index in [0.717, 1.165) is 18.9 Å². The zero-order chi connectivity index (χ0) is 15.1. The molecule has 1 aliphatic rings. The summed E-state index contributed by atoms with van der Waals surface area (Å²) >= 11 is 0. The Morgan fingerprint density at radius 2 is 1.60 bits per heavy atom. The molecule has 0 atom stereocenters. The van der Waals surface area contributed by atoms with E-state index in [1.165, 1.54) is 12.1 Å². The van der Waals surface area contributed by atoms with Gasteiger partial charge in [-0.2, -0.15) is 0 Å². The Morgan fingerprint density at radius 3 is 2.10 bits per heavy atom. The van der Waals surface area contributed by atoms with Crippen LogP contribution >= 0.6 is 0 Å². The number of ether oxygens (including phenoxy) is 1. The highest BCUT2D eigenvalue weighted by Crippen LogP contribution is 2.19. The molecule has 2 rings (SSSR count). The highest BCUT2D eigenvalue weighted by Gasteiger charge is 2.21. The van der Waals surface area contributed by atoms with Crippen LogP contribution in [-0.4, -0.2) is 54.3 Å². The SMILES string of the molecule is COC.O=C(O)c1cc(O)cc(C(=O)N2CCCC2)c1. The zero-order valence-electron chi connectivity index (χ0n) is 11.6. The molecule has 1 aromatic rings. The third kappa shape index (κ3) is 4.24. The van der Waals surface area contributed by atoms with Gasteiger partial charge in [0.15, 0.2) is 0 Å². The molecule has 20 heavy (non-hydrogen) atoms. The van der Waals surface area contributed by atoms with E-state index in [1.54, 1.807) is 19.1 Å². The minimum atomic E-state index is -1.16. The number of aromatic hydroxyl groups is 1. The van der Waals surface area contributed by atoms with Crippen LogP contribution in [0.15, 0.2) is 18.2 Å². The van der Waals surface area contributed by atoms with E-state index in [0.29, 0.717) is 13.1 Å². The Kier molecular flexibility index (Phi) is 5.99. The van der Waals surface area contributed by atoms with E-state index in [9.17, 15) is 14.7 Å². The standard InChI is InChI=1S/C12H13NO4.C2H6O/c14-10-6-8(5-9(7-10)12(16)17)11(15)13-3-1-2-4-13;1-3-2/h5-7,14H,1-4H2,(H,16,17);1-2H3. The number of nitrogens with zero attached hydrogens (tertiary/aromatic N) is 1. The Bertz CT molecular complexity index is 480. The normalized spacial score (nSPS) is 13.6. The average Bonchev–Trinajstić information content (AvgIpc) is 2.91. The summed E-state index contributed by atoms with van der Waals surface area (Å²) in [6.07, 6.45) is 1.94. The first-order valence-corrected chi connectivity index (χ1v) is 6.26. The third-order valence-electron chi connectivity index (χ3n) is 2.80. The van der Waals surface area contributed by atoms with Gasteiger partial charge in [0.2, 0.25) is 0 Å². The van der Waals surface area contributed by atoms with E-state index in [2.05, 4.69) is 4.74 Å². The van der Waals surface area contributed by atoms with Crippen LogP contribution in [0, 0.1) is 0 Å². The Morgan fingerprint density at radius 1 is 1.10 bits per heavy atom. The van der Waals surface area contributed by atoms with Crippen LogP contribution in [0.3, 0.4) is 0 Å². The van der Waals surface area contributed by atoms with Gasteiger partial charge < -0.3 is 19.8 Å². The van der Waals surface area contributed by atoms with Crippen molar-refractivity contribution in [3.05, 3.63) is 29.3 Å². The van der Waals surface area contributed by atoms with Crippen LogP contribution in [-0.2, 0) is 4.74 Å². The van der Waals surface area contributed by atoms with Crippen molar-refractivity contribution >= 4 is 11.9 Å². The number of carbonyl (C=O) groups excluding carboxylic acids is 1. The van der Waals surface area contributed by atoms with Crippen molar-refractivity contribution in [2.75, 3.05) is 27.3 Å². The van der Waals surface area contributed by atoms with Crippen molar-refractivity contribution in [2.24, 2.45) is 0 Å². The molecule has 0 aliphatic carbocycles. The molecule has 1 aromatic carbocycles. The molecule has 1 amide bonds. The van der Waals surface area contributed by atoms with Gasteiger partial charge in [-0.3, -0.25) is 4.79 Å². The smallest absolute Gasteiger partial charge is 0.335 e. The van der Waals surface area contributed by atoms with E-state index in [4.69, 9.17) is 5.11 Å². The first-order valence-electron chi connectivity index (χ1n) is 6.26. The van der Waals surface area contributed by atoms with Crippen molar-refractivity contribution in [1.82, 2.24) is 4.90 Å². The molecule has 0 bridgehead atoms. The van der Waals surface area contributed by atoms with E-state index >= 15 is 0 Å². The van der Waals surface area contributed by atoms with Gasteiger partial charge in [-0.1, -0.05) is 0 Å². The number of phenolic OH excluding ortho intramolecular Hbond substituents is 1. The van der Waals surface area contributed by atoms with E-state index in [-0.39, 0.29) is 22.8 Å². The Labute approximate surface area is 117 Å². The summed E-state index contributed by atoms with van der Waals surface area (Å²) in [6, 6.07) is 3.72. The summed E-state index contributed by atoms with van der Waals surface area (Å²) in [5.41, 5.74) is 0.150. The van der Waals surface area contributed by atoms with Crippen molar-refractivity contribution in [1.29, 1.82) is 0 Å². The molecule has 0 spiro atoms. The number of amides is 1. The molecule has 0 saturated carbocycles. The van der Waals surface area contributed by atoms with Crippen LogP contribution in [0.4, 0.5) is 0 Å². The predicted molar refractivity (Wildman–Crippen MR) is 73.1 cm³/mol. The molecule has 110 valence electrons. The summed E-state index contributed by atoms with van der Waals surface area (Å²) in [7, 11) is 3.25. The summed E-state index contributed by atoms with van der Waals surface area (Å²) in [5.74, 6) is -1.58. The fourth-order valence-corrected chi connectivity index (χ4v) is 1.96. The molecule has 0 unspecified atom stereocenters. The largest absolute Gasteiger partial charge is 0.508 e. The second-order valence-corrected chi connectivity index (χ2v) is 4.48. The molecular weight excluding hydrogens is 262 g/mol. The number of aromatic carboxylic acids is 1. The highest BCUT2D eigenvalue weighted by molar-refractivity contribution is 5.98. The van der Waals surface area contributed by atoms with Gasteiger partial charge in [0.25, 0.3) is 5.91 Å². The number of benzene rings is 1. The van der Waals surface area contributed by atoms with Gasteiger partial charge >= 0.3 is 5.97 Å². The average molecular weight is 281 g/mol. The lowest BCUT2D eigenvalue weighted by Crippen LogP contribution is -2.27. The molecule has 1 fully saturated rings. The summed E-state index contributed by atoms with van der Waals surface area (Å²) in [6.45, 7) is 1.38. The number of hydrogen-bond acceptors (Lipinski definition) is 4. The minimum absolute atomic E-state index is 0.0763. The maximum atomic E-state index is 12.0. The summed E-state index contributed by atoms with van der Waals surface area (Å²) in [5, 5.41) is 18.2. The lowest BCUT2D eigenvalue weighted by Gasteiger charge is -2.15. The second kappa shape index (κ2) is 7.49. The number of carbonyl (C=O) groups is 2. The Hall–Kier alpha value is -2.08. The Balaban J connectivity index is 0.000000612. The van der Waals surface area contributed by atoms with Gasteiger partial charge in [-0.25, -0.2) is 4.79 Å². The van der Waals surface area contributed by atoms with E-state index < -0.39 is 5.97 Å². The molecule has 2 N–H and O–H groups in total. The number of carboxylic acids is 1. The van der Waals surface area contributed by atoms with Gasteiger partial charge in [0.05, 0.1) is 5.56 Å². The van der Waals surface area contributed by atoms with Crippen molar-refractivity contribution in [2.45, 2.75) is 12.8 Å². The molecule has 1 aliphatic heterocycles. The highest BCUT2D eigenvalue weighted by atomic mass is 16.4. The van der Waals surface area contributed by atoms with E-state index in [1.807, 2.05) is 0 Å². The maximum absolute atomic E-state index is 12.0. The van der Waals surface area contributed by atoms with Crippen LogP contribution < -0.4 is 0 Å². The summed E-state index contributed by atoms with van der Waals surface area (Å²) in [4.78, 5) is 24.5. The number of phenols is 1. The number of hydrogen-bond donors (Lipinski definition) is 2. The topological polar surface area (TPSA) is 87.1 Å². The maximum Gasteiger partial charge on any atom is 0.335 e. The van der Waals surface area contributed by atoms with Crippen LogP contribution in [0.2, 0.25) is 0 Å².